The summed E-state index contributed by atoms with van der Waals surface area (Å²) in [4.78, 5) is 36.5. The molecule has 0 fully saturated rings. The third kappa shape index (κ3) is 9.23. The fourth-order valence-corrected chi connectivity index (χ4v) is 5.91. The van der Waals surface area contributed by atoms with E-state index >= 15 is 0 Å². The number of carboxylic acid groups (broad SMARTS) is 1. The summed E-state index contributed by atoms with van der Waals surface area (Å²) in [5, 5.41) is 20.4. The van der Waals surface area contributed by atoms with E-state index in [1.807, 2.05) is 98.8 Å². The number of carboxylic acids is 1. The van der Waals surface area contributed by atoms with Crippen LogP contribution >= 0.6 is 7.95 Å². The topological polar surface area (TPSA) is 137 Å². The van der Waals surface area contributed by atoms with E-state index in [0.717, 1.165) is 11.1 Å². The predicted molar refractivity (Wildman–Crippen MR) is 156 cm³/mol. The molecular formula is C30H38N4O5P+. The van der Waals surface area contributed by atoms with Crippen molar-refractivity contribution in [3.63, 3.8) is 0 Å². The molecular weight excluding hydrogens is 527 g/mol. The van der Waals surface area contributed by atoms with Crippen molar-refractivity contribution in [3.05, 3.63) is 96.1 Å². The number of benzene rings is 2. The van der Waals surface area contributed by atoms with Crippen LogP contribution in [-0.2, 0) is 18.9 Å². The lowest BCUT2D eigenvalue weighted by molar-refractivity contribution is -0.138. The number of amides is 2. The Kier molecular flexibility index (Phi) is 11.8. The first kappa shape index (κ1) is 30.9. The van der Waals surface area contributed by atoms with Gasteiger partial charge in [-0.15, -0.1) is 0 Å². The Bertz CT molecular complexity index is 1170. The lowest BCUT2D eigenvalue weighted by Crippen LogP contribution is -2.52. The molecule has 1 aliphatic carbocycles. The zero-order valence-electron chi connectivity index (χ0n) is 23.0. The zero-order valence-corrected chi connectivity index (χ0v) is 23.9. The number of rotatable bonds is 15. The maximum Gasteiger partial charge on any atom is 0.452 e. The molecule has 9 nitrogen and oxygen atoms in total. The van der Waals surface area contributed by atoms with Crippen molar-refractivity contribution < 1.29 is 24.1 Å². The van der Waals surface area contributed by atoms with Crippen molar-refractivity contribution in [2.24, 2.45) is 11.8 Å². The second-order valence-electron chi connectivity index (χ2n) is 10.2. The molecule has 0 saturated heterocycles. The van der Waals surface area contributed by atoms with Crippen molar-refractivity contribution in [1.29, 1.82) is 0 Å². The van der Waals surface area contributed by atoms with Crippen molar-refractivity contribution in [1.82, 2.24) is 21.0 Å². The highest BCUT2D eigenvalue weighted by molar-refractivity contribution is 7.43. The van der Waals surface area contributed by atoms with E-state index in [2.05, 4.69) is 21.0 Å². The standard InChI is InChI=1S/C30H37N4O5P/c1-20(2)18-25(29(38)31-19-26(35)36)32-28(37)21(3)34-40(39)30(24-16-10-11-17-24)33-27(22-12-6-4-7-13-22)23-14-8-5-9-15-23/h4-17,20-21,24-25,27,30,33H,18-19H2,1-3H3,(H3-,31,32,34,35,36,37,38,39)/p+1/t21-,25+,30?/m0/s1. The number of nitrogens with one attached hydrogen (secondary N) is 4. The highest BCUT2D eigenvalue weighted by Gasteiger charge is 2.41. The zero-order chi connectivity index (χ0) is 29.1. The van der Waals surface area contributed by atoms with Gasteiger partial charge in [-0.3, -0.25) is 19.7 Å². The van der Waals surface area contributed by atoms with Gasteiger partial charge in [-0.1, -0.05) is 104 Å². The Morgan fingerprint density at radius 2 is 1.43 bits per heavy atom. The predicted octanol–water partition coefficient (Wildman–Crippen LogP) is 3.89. The molecule has 0 radical (unpaired) electrons. The van der Waals surface area contributed by atoms with Gasteiger partial charge in [-0.25, -0.2) is 0 Å². The Balaban J connectivity index is 1.76. The van der Waals surface area contributed by atoms with Gasteiger partial charge in [-0.05, 0) is 35.0 Å². The number of carbonyl (C=O) groups excluding carboxylic acids is 2. The number of allylic oxidation sites excluding steroid dienone is 2. The SMILES string of the molecule is CC(C)C[C@@H](NC(=O)[C@H](C)N[P+](=O)C(NC(c1ccccc1)c1ccccc1)C1C=CC=C1)C(=O)NCC(=O)O. The van der Waals surface area contributed by atoms with Crippen molar-refractivity contribution >= 4 is 25.7 Å². The molecule has 0 spiro atoms. The van der Waals surface area contributed by atoms with Gasteiger partial charge in [0.25, 0.3) is 0 Å². The molecule has 0 heterocycles. The molecule has 212 valence electrons. The second kappa shape index (κ2) is 15.2. The molecule has 2 aromatic carbocycles. The number of hydrogen-bond donors (Lipinski definition) is 5. The Hall–Kier alpha value is -3.65. The van der Waals surface area contributed by atoms with Crippen molar-refractivity contribution in [2.75, 3.05) is 6.54 Å². The normalized spacial score (nSPS) is 15.6. The van der Waals surface area contributed by atoms with E-state index in [0.29, 0.717) is 6.42 Å². The molecule has 2 amide bonds. The molecule has 3 rings (SSSR count). The molecule has 5 N–H and O–H groups in total. The summed E-state index contributed by atoms with van der Waals surface area (Å²) in [7, 11) is -2.17. The van der Waals surface area contributed by atoms with Crippen LogP contribution in [0.1, 0.15) is 44.4 Å². The summed E-state index contributed by atoms with van der Waals surface area (Å²) in [6, 6.07) is 17.8. The van der Waals surface area contributed by atoms with E-state index in [1.165, 1.54) is 0 Å². The van der Waals surface area contributed by atoms with E-state index in [1.54, 1.807) is 6.92 Å². The van der Waals surface area contributed by atoms with Crippen LogP contribution in [0.3, 0.4) is 0 Å². The molecule has 0 saturated carbocycles. The third-order valence-corrected chi connectivity index (χ3v) is 8.11. The second-order valence-corrected chi connectivity index (χ2v) is 11.7. The van der Waals surface area contributed by atoms with Gasteiger partial charge < -0.3 is 15.7 Å². The van der Waals surface area contributed by atoms with Gasteiger partial charge in [0, 0.05) is 0 Å². The molecule has 4 atom stereocenters. The van der Waals surface area contributed by atoms with Gasteiger partial charge in [0.1, 0.15) is 18.6 Å². The summed E-state index contributed by atoms with van der Waals surface area (Å²) in [6.07, 6.45) is 8.08. The number of aliphatic carboxylic acids is 1. The van der Waals surface area contributed by atoms with Gasteiger partial charge >= 0.3 is 13.9 Å². The van der Waals surface area contributed by atoms with Gasteiger partial charge in [-0.2, -0.15) is 0 Å². The highest BCUT2D eigenvalue weighted by Crippen LogP contribution is 2.35. The monoisotopic (exact) mass is 565 g/mol. The van der Waals surface area contributed by atoms with Crippen LogP contribution in [0.4, 0.5) is 0 Å². The average Bonchev–Trinajstić information content (AvgIpc) is 3.47. The molecule has 10 heteroatoms. The van der Waals surface area contributed by atoms with Crippen LogP contribution in [-0.4, -0.2) is 47.3 Å². The number of carbonyl (C=O) groups is 3. The van der Waals surface area contributed by atoms with Crippen LogP contribution in [0, 0.1) is 11.8 Å². The molecule has 0 bridgehead atoms. The van der Waals surface area contributed by atoms with Crippen molar-refractivity contribution in [3.8, 4) is 0 Å². The van der Waals surface area contributed by atoms with Gasteiger partial charge in [0.05, 0.1) is 12.0 Å². The summed E-state index contributed by atoms with van der Waals surface area (Å²) < 4.78 is 13.8. The molecule has 1 aliphatic rings. The summed E-state index contributed by atoms with van der Waals surface area (Å²) in [5.74, 6) is -2.89. The summed E-state index contributed by atoms with van der Waals surface area (Å²) in [5.41, 5.74) is 2.03. The summed E-state index contributed by atoms with van der Waals surface area (Å²) >= 11 is 0. The minimum Gasteiger partial charge on any atom is -0.480 e. The minimum atomic E-state index is -2.17. The first-order chi connectivity index (χ1) is 19.2. The van der Waals surface area contributed by atoms with Crippen LogP contribution < -0.4 is 21.0 Å². The minimum absolute atomic E-state index is 0.0724. The lowest BCUT2D eigenvalue weighted by Gasteiger charge is -2.24. The largest absolute Gasteiger partial charge is 0.480 e. The maximum atomic E-state index is 13.8. The van der Waals surface area contributed by atoms with E-state index in [4.69, 9.17) is 5.11 Å². The first-order valence-corrected chi connectivity index (χ1v) is 14.7. The van der Waals surface area contributed by atoms with Crippen molar-refractivity contribution in [2.45, 2.75) is 51.1 Å². The van der Waals surface area contributed by atoms with Gasteiger partial charge in [0.2, 0.25) is 17.6 Å². The molecule has 2 unspecified atom stereocenters. The van der Waals surface area contributed by atoms with E-state index in [9.17, 15) is 18.9 Å². The Morgan fingerprint density at radius 3 is 1.93 bits per heavy atom. The smallest absolute Gasteiger partial charge is 0.452 e. The van der Waals surface area contributed by atoms with E-state index < -0.39 is 50.1 Å². The van der Waals surface area contributed by atoms with Crippen LogP contribution in [0.25, 0.3) is 0 Å². The molecule has 0 aromatic heterocycles. The quantitative estimate of drug-likeness (QED) is 0.207. The molecule has 40 heavy (non-hydrogen) atoms. The molecule has 2 aromatic rings. The molecule has 0 aliphatic heterocycles. The maximum absolute atomic E-state index is 13.8. The average molecular weight is 566 g/mol. The first-order valence-electron chi connectivity index (χ1n) is 13.4. The van der Waals surface area contributed by atoms with Gasteiger partial charge in [0.15, 0.2) is 0 Å². The third-order valence-electron chi connectivity index (χ3n) is 6.47. The van der Waals surface area contributed by atoms with Crippen LogP contribution in [0.5, 0.6) is 0 Å². The highest BCUT2D eigenvalue weighted by atomic mass is 31.1. The fourth-order valence-electron chi connectivity index (χ4n) is 4.46. The fraction of sp³-hybridized carbons (Fsp3) is 0.367. The Labute approximate surface area is 236 Å². The Morgan fingerprint density at radius 1 is 0.875 bits per heavy atom. The lowest BCUT2D eigenvalue weighted by atomic mass is 9.98. The number of hydrogen-bond acceptors (Lipinski definition) is 5. The van der Waals surface area contributed by atoms with Crippen LogP contribution in [0.15, 0.2) is 85.0 Å². The van der Waals surface area contributed by atoms with Crippen LogP contribution in [0.2, 0.25) is 0 Å². The van der Waals surface area contributed by atoms with E-state index in [-0.39, 0.29) is 17.9 Å². The summed E-state index contributed by atoms with van der Waals surface area (Å²) in [6.45, 7) is 4.85.